The highest BCUT2D eigenvalue weighted by atomic mass is 32.2. The van der Waals surface area contributed by atoms with E-state index in [-0.39, 0.29) is 18.4 Å². The maximum atomic E-state index is 12.6. The lowest BCUT2D eigenvalue weighted by Gasteiger charge is -2.17. The fourth-order valence-corrected chi connectivity index (χ4v) is 5.69. The Morgan fingerprint density at radius 1 is 1.23 bits per heavy atom. The van der Waals surface area contributed by atoms with E-state index in [0.717, 1.165) is 5.56 Å². The lowest BCUT2D eigenvalue weighted by molar-refractivity contribution is 0.0780. The molecule has 3 heterocycles. The third-order valence-corrected chi connectivity index (χ3v) is 6.88. The molecule has 0 radical (unpaired) electrons. The molecule has 1 aromatic heterocycles. The summed E-state index contributed by atoms with van der Waals surface area (Å²) in [5.41, 5.74) is 1.32. The molecule has 1 fully saturated rings. The van der Waals surface area contributed by atoms with Gasteiger partial charge in [-0.3, -0.25) is 9.48 Å². The normalized spacial score (nSPS) is 25.0. The molecular weight excluding hydrogens is 302 g/mol. The summed E-state index contributed by atoms with van der Waals surface area (Å²) >= 11 is 0. The van der Waals surface area contributed by atoms with Gasteiger partial charge in [0.1, 0.15) is 5.69 Å². The van der Waals surface area contributed by atoms with Crippen molar-refractivity contribution in [1.82, 2.24) is 14.7 Å². The molecule has 0 bridgehead atoms. The van der Waals surface area contributed by atoms with Gasteiger partial charge in [0.25, 0.3) is 5.91 Å². The lowest BCUT2D eigenvalue weighted by Crippen LogP contribution is -2.32. The van der Waals surface area contributed by atoms with E-state index in [1.54, 1.807) is 36.3 Å². The van der Waals surface area contributed by atoms with Crippen molar-refractivity contribution in [1.29, 1.82) is 0 Å². The van der Waals surface area contributed by atoms with Gasteiger partial charge in [0.15, 0.2) is 9.84 Å². The number of likely N-dealkylation sites (tertiary alicyclic amines) is 1. The molecule has 2 aromatic rings. The van der Waals surface area contributed by atoms with Gasteiger partial charge in [-0.2, -0.15) is 5.10 Å². The number of hydrogen-bond acceptors (Lipinski definition) is 4. The first-order valence-electron chi connectivity index (χ1n) is 7.10. The standard InChI is InChI=1S/C15H15N3O3S/c1-17-12(6-7-16-17)15(19)18-8-11-10-4-2-3-5-13(10)22(20,21)14(11)9-18/h2-7,11,14H,8-9H2,1H3/t11-,14+/m0/s1. The molecule has 0 saturated carbocycles. The monoisotopic (exact) mass is 317 g/mol. The number of carbonyl (C=O) groups is 1. The van der Waals surface area contributed by atoms with E-state index in [4.69, 9.17) is 0 Å². The summed E-state index contributed by atoms with van der Waals surface area (Å²) < 4.78 is 26.8. The molecule has 2 aliphatic rings. The van der Waals surface area contributed by atoms with Crippen molar-refractivity contribution < 1.29 is 13.2 Å². The van der Waals surface area contributed by atoms with Crippen molar-refractivity contribution in [3.8, 4) is 0 Å². The zero-order chi connectivity index (χ0) is 15.5. The number of benzene rings is 1. The van der Waals surface area contributed by atoms with Gasteiger partial charge in [0.05, 0.1) is 10.1 Å². The molecule has 114 valence electrons. The lowest BCUT2D eigenvalue weighted by atomic mass is 9.99. The van der Waals surface area contributed by atoms with Crippen molar-refractivity contribution in [2.75, 3.05) is 13.1 Å². The van der Waals surface area contributed by atoms with Gasteiger partial charge < -0.3 is 4.90 Å². The Kier molecular flexibility index (Phi) is 2.72. The highest BCUT2D eigenvalue weighted by Crippen LogP contribution is 2.44. The van der Waals surface area contributed by atoms with Crippen LogP contribution in [0.5, 0.6) is 0 Å². The molecule has 4 rings (SSSR count). The van der Waals surface area contributed by atoms with Crippen molar-refractivity contribution in [2.24, 2.45) is 7.05 Å². The number of carbonyl (C=O) groups excluding carboxylic acids is 1. The van der Waals surface area contributed by atoms with Crippen LogP contribution in [0.25, 0.3) is 0 Å². The van der Waals surface area contributed by atoms with Gasteiger partial charge in [-0.05, 0) is 17.7 Å². The van der Waals surface area contributed by atoms with Crippen molar-refractivity contribution in [3.05, 3.63) is 47.8 Å². The SMILES string of the molecule is Cn1nccc1C(=O)N1C[C@@H]2[C@@H](C1)c1ccccc1S2(=O)=O. The van der Waals surface area contributed by atoms with E-state index in [1.807, 2.05) is 12.1 Å². The molecule has 6 nitrogen and oxygen atoms in total. The maximum absolute atomic E-state index is 12.6. The first-order chi connectivity index (χ1) is 10.5. The summed E-state index contributed by atoms with van der Waals surface area (Å²) in [5, 5.41) is 3.47. The van der Waals surface area contributed by atoms with Crippen LogP contribution in [0.4, 0.5) is 0 Å². The summed E-state index contributed by atoms with van der Waals surface area (Å²) in [6.45, 7) is 0.677. The smallest absolute Gasteiger partial charge is 0.272 e. The summed E-state index contributed by atoms with van der Waals surface area (Å²) in [5.74, 6) is -0.291. The fraction of sp³-hybridized carbons (Fsp3) is 0.333. The molecule has 0 N–H and O–H groups in total. The molecule has 7 heteroatoms. The molecule has 22 heavy (non-hydrogen) atoms. The Bertz CT molecular complexity index is 872. The third-order valence-electron chi connectivity index (χ3n) is 4.62. The van der Waals surface area contributed by atoms with Crippen molar-refractivity contribution >= 4 is 15.7 Å². The van der Waals surface area contributed by atoms with Crippen molar-refractivity contribution in [3.63, 3.8) is 0 Å². The number of nitrogens with zero attached hydrogens (tertiary/aromatic N) is 3. The van der Waals surface area contributed by atoms with E-state index in [0.29, 0.717) is 17.1 Å². The van der Waals surface area contributed by atoms with Crippen LogP contribution in [0.1, 0.15) is 22.0 Å². The molecule has 2 aliphatic heterocycles. The number of hydrogen-bond donors (Lipinski definition) is 0. The Hall–Kier alpha value is -2.15. The van der Waals surface area contributed by atoms with E-state index < -0.39 is 15.1 Å². The van der Waals surface area contributed by atoms with E-state index in [2.05, 4.69) is 5.10 Å². The summed E-state index contributed by atoms with van der Waals surface area (Å²) in [6.07, 6.45) is 1.57. The van der Waals surface area contributed by atoms with Crippen LogP contribution in [-0.4, -0.2) is 47.3 Å². The second-order valence-corrected chi connectivity index (χ2v) is 7.91. The maximum Gasteiger partial charge on any atom is 0.272 e. The van der Waals surface area contributed by atoms with Gasteiger partial charge in [-0.25, -0.2) is 8.42 Å². The quantitative estimate of drug-likeness (QED) is 0.780. The van der Waals surface area contributed by atoms with E-state index in [1.165, 1.54) is 4.68 Å². The van der Waals surface area contributed by atoms with Crippen LogP contribution in [0, 0.1) is 0 Å². The number of aryl methyl sites for hydroxylation is 1. The minimum Gasteiger partial charge on any atom is -0.335 e. The number of amides is 1. The second kappa shape index (κ2) is 4.42. The highest BCUT2D eigenvalue weighted by molar-refractivity contribution is 7.92. The molecule has 1 amide bonds. The number of sulfone groups is 1. The second-order valence-electron chi connectivity index (χ2n) is 5.78. The third kappa shape index (κ3) is 1.68. The topological polar surface area (TPSA) is 72.3 Å². The van der Waals surface area contributed by atoms with Crippen LogP contribution >= 0.6 is 0 Å². The van der Waals surface area contributed by atoms with Gasteiger partial charge in [-0.1, -0.05) is 18.2 Å². The van der Waals surface area contributed by atoms with Crippen molar-refractivity contribution in [2.45, 2.75) is 16.1 Å². The minimum atomic E-state index is -3.34. The van der Waals surface area contributed by atoms with Gasteiger partial charge in [-0.15, -0.1) is 0 Å². The number of aromatic nitrogens is 2. The molecule has 1 saturated heterocycles. The minimum absolute atomic E-state index is 0.127. The first kappa shape index (κ1) is 13.5. The average Bonchev–Trinajstić information content (AvgIpc) is 3.16. The van der Waals surface area contributed by atoms with Gasteiger partial charge in [0.2, 0.25) is 0 Å². The molecule has 1 aromatic carbocycles. The van der Waals surface area contributed by atoms with Crippen LogP contribution < -0.4 is 0 Å². The molecule has 2 atom stereocenters. The Balaban J connectivity index is 1.70. The van der Waals surface area contributed by atoms with E-state index in [9.17, 15) is 13.2 Å². The predicted octanol–water partition coefficient (Wildman–Crippen LogP) is 0.816. The average molecular weight is 317 g/mol. The van der Waals surface area contributed by atoms with Crippen LogP contribution in [0.3, 0.4) is 0 Å². The summed E-state index contributed by atoms with van der Waals surface area (Å²) in [7, 11) is -1.64. The molecular formula is C15H15N3O3S. The zero-order valence-corrected chi connectivity index (χ0v) is 12.8. The van der Waals surface area contributed by atoms with Gasteiger partial charge in [0, 0.05) is 32.3 Å². The highest BCUT2D eigenvalue weighted by Gasteiger charge is 2.51. The first-order valence-corrected chi connectivity index (χ1v) is 8.65. The Morgan fingerprint density at radius 3 is 2.73 bits per heavy atom. The molecule has 0 spiro atoms. The summed E-state index contributed by atoms with van der Waals surface area (Å²) in [4.78, 5) is 14.6. The van der Waals surface area contributed by atoms with Gasteiger partial charge >= 0.3 is 0 Å². The van der Waals surface area contributed by atoms with E-state index >= 15 is 0 Å². The Labute approximate surface area is 128 Å². The zero-order valence-electron chi connectivity index (χ0n) is 12.0. The van der Waals surface area contributed by atoms with Crippen LogP contribution in [-0.2, 0) is 16.9 Å². The number of fused-ring (bicyclic) bond motifs is 3. The Morgan fingerprint density at radius 2 is 2.00 bits per heavy atom. The fourth-order valence-electron chi connectivity index (χ4n) is 3.51. The van der Waals surface area contributed by atoms with Crippen LogP contribution in [0.15, 0.2) is 41.4 Å². The largest absolute Gasteiger partial charge is 0.335 e. The number of rotatable bonds is 1. The molecule has 0 aliphatic carbocycles. The predicted molar refractivity (Wildman–Crippen MR) is 79.3 cm³/mol. The molecule has 0 unspecified atom stereocenters. The van der Waals surface area contributed by atoms with Crippen LogP contribution in [0.2, 0.25) is 0 Å². The summed E-state index contributed by atoms with van der Waals surface area (Å²) in [6, 6.07) is 8.77.